The number of amides is 1. The lowest BCUT2D eigenvalue weighted by Gasteiger charge is -2.05. The molecule has 1 aromatic rings. The third-order valence-electron chi connectivity index (χ3n) is 1.99. The number of anilines is 1. The molecule has 0 fully saturated rings. The highest BCUT2D eigenvalue weighted by Crippen LogP contribution is 2.22. The summed E-state index contributed by atoms with van der Waals surface area (Å²) in [6.45, 7) is 0.880. The van der Waals surface area contributed by atoms with Crippen LogP contribution in [-0.4, -0.2) is 28.3 Å². The smallest absolute Gasteiger partial charge is 0.234 e. The summed E-state index contributed by atoms with van der Waals surface area (Å²) in [5.74, 6) is 1.49. The minimum Gasteiger partial charge on any atom is -0.325 e. The first kappa shape index (κ1) is 13.2. The fraction of sp³-hybridized carbons (Fsp3) is 0.273. The highest BCUT2D eigenvalue weighted by Gasteiger charge is 2.10. The molecule has 0 aromatic heterocycles. The van der Waals surface area contributed by atoms with Crippen molar-refractivity contribution in [3.8, 4) is 0 Å². The fourth-order valence-corrected chi connectivity index (χ4v) is 3.65. The Morgan fingerprint density at radius 3 is 3.18 bits per heavy atom. The Balaban J connectivity index is 1.80. The average molecular weight is 378 g/mol. The number of halogens is 1. The van der Waals surface area contributed by atoms with Crippen LogP contribution in [0.4, 0.5) is 5.69 Å². The van der Waals surface area contributed by atoms with Crippen LogP contribution in [0.3, 0.4) is 0 Å². The normalized spacial score (nSPS) is 14.5. The van der Waals surface area contributed by atoms with E-state index in [9.17, 15) is 4.79 Å². The molecule has 0 saturated carbocycles. The lowest BCUT2D eigenvalue weighted by Crippen LogP contribution is -2.14. The number of hydrogen-bond acceptors (Lipinski definition) is 4. The van der Waals surface area contributed by atoms with Crippen LogP contribution in [-0.2, 0) is 4.79 Å². The molecule has 0 saturated heterocycles. The lowest BCUT2D eigenvalue weighted by atomic mass is 10.3. The van der Waals surface area contributed by atoms with Crippen molar-refractivity contribution in [1.29, 1.82) is 0 Å². The van der Waals surface area contributed by atoms with Gasteiger partial charge in [0.15, 0.2) is 0 Å². The summed E-state index contributed by atoms with van der Waals surface area (Å²) in [7, 11) is 0. The molecule has 1 amide bonds. The molecule has 1 aromatic carbocycles. The van der Waals surface area contributed by atoms with Crippen molar-refractivity contribution >= 4 is 62.1 Å². The van der Waals surface area contributed by atoms with E-state index in [0.29, 0.717) is 5.75 Å². The number of nitrogens with one attached hydrogen (secondary N) is 1. The lowest BCUT2D eigenvalue weighted by molar-refractivity contribution is -0.113. The van der Waals surface area contributed by atoms with E-state index in [2.05, 4.69) is 32.9 Å². The molecule has 0 radical (unpaired) electrons. The minimum absolute atomic E-state index is 0.0206. The number of benzene rings is 1. The second kappa shape index (κ2) is 6.65. The van der Waals surface area contributed by atoms with Crippen LogP contribution in [0.2, 0.25) is 0 Å². The SMILES string of the molecule is O=C(CSC1=NCCS1)Nc1cccc(I)c1. The molecule has 1 heterocycles. The number of hydrogen-bond donors (Lipinski definition) is 1. The van der Waals surface area contributed by atoms with Crippen molar-refractivity contribution in [3.05, 3.63) is 27.8 Å². The molecule has 0 spiro atoms. The summed E-state index contributed by atoms with van der Waals surface area (Å²) >= 11 is 5.46. The van der Waals surface area contributed by atoms with Gasteiger partial charge in [-0.25, -0.2) is 0 Å². The Hall–Kier alpha value is -0.210. The van der Waals surface area contributed by atoms with Gasteiger partial charge < -0.3 is 5.32 Å². The van der Waals surface area contributed by atoms with Crippen molar-refractivity contribution < 1.29 is 4.79 Å². The molecule has 0 bridgehead atoms. The summed E-state index contributed by atoms with van der Waals surface area (Å²) in [5, 5.41) is 2.88. The molecule has 17 heavy (non-hydrogen) atoms. The topological polar surface area (TPSA) is 41.5 Å². The maximum atomic E-state index is 11.7. The van der Waals surface area contributed by atoms with Gasteiger partial charge in [0.25, 0.3) is 0 Å². The Bertz CT molecular complexity index is 451. The standard InChI is InChI=1S/C11H11IN2OS2/c12-8-2-1-3-9(6-8)14-10(15)7-17-11-13-4-5-16-11/h1-3,6H,4-5,7H2,(H,14,15). The summed E-state index contributed by atoms with van der Waals surface area (Å²) < 4.78 is 2.14. The van der Waals surface area contributed by atoms with Gasteiger partial charge in [-0.05, 0) is 40.8 Å². The van der Waals surface area contributed by atoms with Crippen LogP contribution in [0.15, 0.2) is 29.3 Å². The maximum absolute atomic E-state index is 11.7. The zero-order valence-electron chi connectivity index (χ0n) is 8.98. The number of rotatable bonds is 3. The van der Waals surface area contributed by atoms with Crippen molar-refractivity contribution in [2.24, 2.45) is 4.99 Å². The van der Waals surface area contributed by atoms with Gasteiger partial charge in [0.05, 0.1) is 12.3 Å². The number of thioether (sulfide) groups is 2. The first-order chi connectivity index (χ1) is 8.24. The van der Waals surface area contributed by atoms with Crippen LogP contribution in [0, 0.1) is 3.57 Å². The predicted molar refractivity (Wildman–Crippen MR) is 85.0 cm³/mol. The largest absolute Gasteiger partial charge is 0.325 e. The molecule has 0 atom stereocenters. The quantitative estimate of drug-likeness (QED) is 0.823. The van der Waals surface area contributed by atoms with Gasteiger partial charge in [-0.1, -0.05) is 29.6 Å². The molecule has 0 aliphatic carbocycles. The fourth-order valence-electron chi connectivity index (χ4n) is 1.29. The van der Waals surface area contributed by atoms with Crippen molar-refractivity contribution in [2.75, 3.05) is 23.4 Å². The van der Waals surface area contributed by atoms with E-state index in [-0.39, 0.29) is 5.91 Å². The number of carbonyl (C=O) groups is 1. The van der Waals surface area contributed by atoms with Crippen LogP contribution in [0.5, 0.6) is 0 Å². The van der Waals surface area contributed by atoms with E-state index >= 15 is 0 Å². The summed E-state index contributed by atoms with van der Waals surface area (Å²) in [6.07, 6.45) is 0. The van der Waals surface area contributed by atoms with Crippen LogP contribution >= 0.6 is 46.1 Å². The van der Waals surface area contributed by atoms with E-state index in [1.54, 1.807) is 11.8 Å². The van der Waals surface area contributed by atoms with Gasteiger partial charge >= 0.3 is 0 Å². The van der Waals surface area contributed by atoms with Crippen molar-refractivity contribution in [3.63, 3.8) is 0 Å². The molecular weight excluding hydrogens is 367 g/mol. The minimum atomic E-state index is 0.0206. The summed E-state index contributed by atoms with van der Waals surface area (Å²) in [4.78, 5) is 16.0. The van der Waals surface area contributed by atoms with E-state index < -0.39 is 0 Å². The van der Waals surface area contributed by atoms with E-state index in [1.807, 2.05) is 24.3 Å². The second-order valence-corrected chi connectivity index (χ2v) is 6.90. The Kier molecular flexibility index (Phi) is 5.17. The summed E-state index contributed by atoms with van der Waals surface area (Å²) in [6, 6.07) is 7.77. The Morgan fingerprint density at radius 2 is 2.47 bits per heavy atom. The number of aliphatic imine (C=N–C) groups is 1. The van der Waals surface area contributed by atoms with E-state index in [4.69, 9.17) is 0 Å². The molecule has 0 unspecified atom stereocenters. The van der Waals surface area contributed by atoms with Gasteiger partial charge in [-0.15, -0.1) is 0 Å². The Labute approximate surface area is 122 Å². The van der Waals surface area contributed by atoms with Gasteiger partial charge in [0.2, 0.25) is 5.91 Å². The molecule has 1 aliphatic rings. The van der Waals surface area contributed by atoms with Gasteiger partial charge in [-0.2, -0.15) is 0 Å². The molecule has 3 nitrogen and oxygen atoms in total. The highest BCUT2D eigenvalue weighted by molar-refractivity contribution is 14.1. The molecule has 1 aliphatic heterocycles. The van der Waals surface area contributed by atoms with Gasteiger partial charge in [-0.3, -0.25) is 9.79 Å². The number of carbonyl (C=O) groups excluding carboxylic acids is 1. The first-order valence-corrected chi connectivity index (χ1v) is 8.14. The van der Waals surface area contributed by atoms with Crippen LogP contribution < -0.4 is 5.32 Å². The number of nitrogens with zero attached hydrogens (tertiary/aromatic N) is 1. The van der Waals surface area contributed by atoms with E-state index in [0.717, 1.165) is 25.9 Å². The van der Waals surface area contributed by atoms with Gasteiger partial charge in [0.1, 0.15) is 4.38 Å². The molecule has 2 rings (SSSR count). The highest BCUT2D eigenvalue weighted by atomic mass is 127. The second-order valence-electron chi connectivity index (χ2n) is 3.34. The van der Waals surface area contributed by atoms with Crippen LogP contribution in [0.1, 0.15) is 0 Å². The maximum Gasteiger partial charge on any atom is 0.234 e. The van der Waals surface area contributed by atoms with Crippen molar-refractivity contribution in [2.45, 2.75) is 0 Å². The monoisotopic (exact) mass is 378 g/mol. The molecule has 6 heteroatoms. The zero-order valence-corrected chi connectivity index (χ0v) is 12.8. The van der Waals surface area contributed by atoms with E-state index in [1.165, 1.54) is 11.8 Å². The van der Waals surface area contributed by atoms with Crippen LogP contribution in [0.25, 0.3) is 0 Å². The predicted octanol–water partition coefficient (Wildman–Crippen LogP) is 3.07. The molecular formula is C11H11IN2OS2. The molecule has 90 valence electrons. The summed E-state index contributed by atoms with van der Waals surface area (Å²) in [5.41, 5.74) is 0.850. The van der Waals surface area contributed by atoms with Crippen molar-refractivity contribution in [1.82, 2.24) is 0 Å². The van der Waals surface area contributed by atoms with Gasteiger partial charge in [0, 0.05) is 15.0 Å². The Morgan fingerprint density at radius 1 is 1.59 bits per heavy atom. The third-order valence-corrected chi connectivity index (χ3v) is 4.92. The molecule has 1 N–H and O–H groups in total. The first-order valence-electron chi connectivity index (χ1n) is 5.09. The third kappa shape index (κ3) is 4.51. The zero-order chi connectivity index (χ0) is 12.1. The average Bonchev–Trinajstić information content (AvgIpc) is 2.79.